The number of ether oxygens (including phenoxy) is 1. The molecule has 1 aromatic heterocycles. The summed E-state index contributed by atoms with van der Waals surface area (Å²) in [4.78, 5) is 14.2. The Kier molecular flexibility index (Phi) is 5.92. The molecule has 0 aliphatic carbocycles. The molecule has 0 aliphatic heterocycles. The fourth-order valence-electron chi connectivity index (χ4n) is 2.30. The summed E-state index contributed by atoms with van der Waals surface area (Å²) in [6, 6.07) is 6.24. The van der Waals surface area contributed by atoms with Crippen LogP contribution in [0.1, 0.15) is 17.4 Å². The van der Waals surface area contributed by atoms with Crippen molar-refractivity contribution in [2.24, 2.45) is 0 Å². The smallest absolute Gasteiger partial charge is 0.271 e. The van der Waals surface area contributed by atoms with E-state index in [0.717, 1.165) is 6.54 Å². The van der Waals surface area contributed by atoms with E-state index in [1.807, 2.05) is 25.9 Å². The van der Waals surface area contributed by atoms with Gasteiger partial charge >= 0.3 is 0 Å². The van der Waals surface area contributed by atoms with Gasteiger partial charge in [-0.05, 0) is 39.2 Å². The molecule has 1 amide bonds. The van der Waals surface area contributed by atoms with E-state index in [-0.39, 0.29) is 11.6 Å². The van der Waals surface area contributed by atoms with Gasteiger partial charge in [0.05, 0.1) is 12.8 Å². The molecule has 6 nitrogen and oxygen atoms in total. The van der Waals surface area contributed by atoms with Gasteiger partial charge in [-0.2, -0.15) is 5.10 Å². The molecule has 0 bridgehead atoms. The molecule has 0 radical (unpaired) electrons. The summed E-state index contributed by atoms with van der Waals surface area (Å²) < 4.78 is 20.9. The summed E-state index contributed by atoms with van der Waals surface area (Å²) in [5.41, 5.74) is 1.23. The number of benzene rings is 1. The maximum atomic E-state index is 14.3. The number of hydrogen-bond acceptors (Lipinski definition) is 4. The summed E-state index contributed by atoms with van der Waals surface area (Å²) in [5.74, 6) is -0.233. The monoisotopic (exact) mass is 334 g/mol. The topological polar surface area (TPSA) is 59.4 Å². The zero-order chi connectivity index (χ0) is 17.7. The zero-order valence-electron chi connectivity index (χ0n) is 14.5. The first-order valence-electron chi connectivity index (χ1n) is 7.81. The molecule has 0 unspecified atom stereocenters. The van der Waals surface area contributed by atoms with Crippen molar-refractivity contribution in [3.8, 4) is 17.0 Å². The number of hydrogen-bond donors (Lipinski definition) is 1. The number of nitrogens with zero attached hydrogens (tertiary/aromatic N) is 3. The maximum absolute atomic E-state index is 14.3. The van der Waals surface area contributed by atoms with Gasteiger partial charge in [0.15, 0.2) is 5.69 Å². The lowest BCUT2D eigenvalue weighted by atomic mass is 10.1. The van der Waals surface area contributed by atoms with Gasteiger partial charge in [-0.15, -0.1) is 0 Å². The van der Waals surface area contributed by atoms with E-state index in [1.165, 1.54) is 13.2 Å². The number of amides is 1. The predicted octanol–water partition coefficient (Wildman–Crippen LogP) is 2.01. The quantitative estimate of drug-likeness (QED) is 0.841. The van der Waals surface area contributed by atoms with Crippen LogP contribution in [-0.2, 0) is 6.54 Å². The molecular weight excluding hydrogens is 311 g/mol. The molecule has 1 heterocycles. The maximum Gasteiger partial charge on any atom is 0.271 e. The van der Waals surface area contributed by atoms with Gasteiger partial charge in [0.2, 0.25) is 0 Å². The predicted molar refractivity (Wildman–Crippen MR) is 90.7 cm³/mol. The molecule has 130 valence electrons. The average Bonchev–Trinajstić information content (AvgIpc) is 2.98. The second-order valence-corrected chi connectivity index (χ2v) is 5.64. The number of aryl methyl sites for hydroxylation is 1. The molecule has 0 aliphatic rings. The lowest BCUT2D eigenvalue weighted by molar-refractivity contribution is 0.0945. The van der Waals surface area contributed by atoms with Gasteiger partial charge in [-0.1, -0.05) is 0 Å². The van der Waals surface area contributed by atoms with Crippen molar-refractivity contribution < 1.29 is 13.9 Å². The summed E-state index contributed by atoms with van der Waals surface area (Å²) in [6.07, 6.45) is 0. The minimum Gasteiger partial charge on any atom is -0.497 e. The van der Waals surface area contributed by atoms with Crippen molar-refractivity contribution in [2.75, 3.05) is 34.3 Å². The molecular formula is C17H23FN4O2. The van der Waals surface area contributed by atoms with Gasteiger partial charge in [-0.25, -0.2) is 4.39 Å². The number of carbonyl (C=O) groups is 1. The Balaban J connectivity index is 2.25. The van der Waals surface area contributed by atoms with Crippen LogP contribution in [-0.4, -0.2) is 54.9 Å². The van der Waals surface area contributed by atoms with E-state index in [2.05, 4.69) is 10.4 Å². The van der Waals surface area contributed by atoms with Crippen LogP contribution in [0.15, 0.2) is 24.3 Å². The first-order valence-corrected chi connectivity index (χ1v) is 7.81. The van der Waals surface area contributed by atoms with Crippen LogP contribution < -0.4 is 10.1 Å². The van der Waals surface area contributed by atoms with E-state index in [4.69, 9.17) is 4.74 Å². The molecule has 7 heteroatoms. The molecule has 0 atom stereocenters. The number of likely N-dealkylation sites (N-methyl/N-ethyl adjacent to an activating group) is 1. The highest BCUT2D eigenvalue weighted by atomic mass is 19.1. The second-order valence-electron chi connectivity index (χ2n) is 5.64. The number of methoxy groups -OCH3 is 1. The number of aromatic nitrogens is 2. The Hall–Kier alpha value is -2.41. The van der Waals surface area contributed by atoms with Gasteiger partial charge in [0.1, 0.15) is 11.6 Å². The van der Waals surface area contributed by atoms with Crippen LogP contribution in [0.5, 0.6) is 5.75 Å². The van der Waals surface area contributed by atoms with Crippen LogP contribution in [0.2, 0.25) is 0 Å². The summed E-state index contributed by atoms with van der Waals surface area (Å²) in [5, 5.41) is 7.09. The second kappa shape index (κ2) is 7.92. The third kappa shape index (κ3) is 4.11. The first-order chi connectivity index (χ1) is 11.5. The largest absolute Gasteiger partial charge is 0.497 e. The van der Waals surface area contributed by atoms with Crippen molar-refractivity contribution in [3.05, 3.63) is 35.8 Å². The van der Waals surface area contributed by atoms with Crippen LogP contribution in [0.25, 0.3) is 11.3 Å². The van der Waals surface area contributed by atoms with Crippen molar-refractivity contribution in [1.29, 1.82) is 0 Å². The van der Waals surface area contributed by atoms with E-state index >= 15 is 0 Å². The average molecular weight is 334 g/mol. The Bertz CT molecular complexity index is 713. The fourth-order valence-corrected chi connectivity index (χ4v) is 2.30. The fraction of sp³-hybridized carbons (Fsp3) is 0.412. The van der Waals surface area contributed by atoms with Gasteiger partial charge in [0.25, 0.3) is 5.91 Å². The Morgan fingerprint density at radius 3 is 2.71 bits per heavy atom. The van der Waals surface area contributed by atoms with Crippen molar-refractivity contribution in [1.82, 2.24) is 20.0 Å². The Morgan fingerprint density at radius 2 is 2.12 bits per heavy atom. The third-order valence-electron chi connectivity index (χ3n) is 3.61. The van der Waals surface area contributed by atoms with Gasteiger partial charge in [0, 0.05) is 31.3 Å². The first kappa shape index (κ1) is 17.9. The highest BCUT2D eigenvalue weighted by Crippen LogP contribution is 2.27. The molecule has 24 heavy (non-hydrogen) atoms. The summed E-state index contributed by atoms with van der Waals surface area (Å²) in [7, 11) is 5.35. The summed E-state index contributed by atoms with van der Waals surface area (Å²) >= 11 is 0. The number of halogens is 1. The lowest BCUT2D eigenvalue weighted by Gasteiger charge is -2.09. The Morgan fingerprint density at radius 1 is 1.38 bits per heavy atom. The van der Waals surface area contributed by atoms with E-state index < -0.39 is 5.82 Å². The molecule has 2 aromatic rings. The Labute approximate surface area is 141 Å². The highest BCUT2D eigenvalue weighted by molar-refractivity contribution is 5.93. The van der Waals surface area contributed by atoms with E-state index in [0.29, 0.717) is 30.1 Å². The molecule has 2 rings (SSSR count). The standard InChI is InChI=1S/C17H23FN4O2/c1-5-22-16(13-7-6-12(24-4)10-14(13)18)11-15(20-22)17(23)19-8-9-21(2)3/h6-7,10-11H,5,8-9H2,1-4H3,(H,19,23). The van der Waals surface area contributed by atoms with Crippen molar-refractivity contribution >= 4 is 5.91 Å². The zero-order valence-corrected chi connectivity index (χ0v) is 14.5. The molecule has 1 aromatic carbocycles. The van der Waals surface area contributed by atoms with Crippen LogP contribution in [0.4, 0.5) is 4.39 Å². The summed E-state index contributed by atoms with van der Waals surface area (Å²) in [6.45, 7) is 3.69. The molecule has 0 fully saturated rings. The number of nitrogens with one attached hydrogen (secondary N) is 1. The molecule has 0 spiro atoms. The minimum absolute atomic E-state index is 0.265. The van der Waals surface area contributed by atoms with Gasteiger partial charge in [-0.3, -0.25) is 9.48 Å². The van der Waals surface area contributed by atoms with E-state index in [9.17, 15) is 9.18 Å². The SMILES string of the molecule is CCn1nc(C(=O)NCCN(C)C)cc1-c1ccc(OC)cc1F. The van der Waals surface area contributed by atoms with Crippen molar-refractivity contribution in [2.45, 2.75) is 13.5 Å². The third-order valence-corrected chi connectivity index (χ3v) is 3.61. The van der Waals surface area contributed by atoms with Gasteiger partial charge < -0.3 is 15.0 Å². The highest BCUT2D eigenvalue weighted by Gasteiger charge is 2.17. The van der Waals surface area contributed by atoms with Crippen molar-refractivity contribution in [3.63, 3.8) is 0 Å². The molecule has 0 saturated carbocycles. The minimum atomic E-state index is -0.413. The van der Waals surface area contributed by atoms with E-state index in [1.54, 1.807) is 22.9 Å². The van der Waals surface area contributed by atoms with Crippen LogP contribution >= 0.6 is 0 Å². The molecule has 1 N–H and O–H groups in total. The van der Waals surface area contributed by atoms with Crippen LogP contribution in [0, 0.1) is 5.82 Å². The number of rotatable bonds is 7. The van der Waals surface area contributed by atoms with Crippen LogP contribution in [0.3, 0.4) is 0 Å². The normalized spacial score (nSPS) is 10.9. The lowest BCUT2D eigenvalue weighted by Crippen LogP contribution is -2.31. The number of carbonyl (C=O) groups excluding carboxylic acids is 1. The molecule has 0 saturated heterocycles.